The van der Waals surface area contributed by atoms with Crippen molar-refractivity contribution in [1.82, 2.24) is 9.78 Å². The summed E-state index contributed by atoms with van der Waals surface area (Å²) < 4.78 is 7.06. The molecule has 3 aromatic carbocycles. The minimum Gasteiger partial charge on any atom is -0.450 e. The van der Waals surface area contributed by atoms with Crippen LogP contribution in [0.15, 0.2) is 77.7 Å². The lowest BCUT2D eigenvalue weighted by Gasteiger charge is -2.11. The van der Waals surface area contributed by atoms with Crippen LogP contribution in [0.1, 0.15) is 11.1 Å². The van der Waals surface area contributed by atoms with Crippen LogP contribution in [0.5, 0.6) is 11.5 Å². The zero-order valence-corrected chi connectivity index (χ0v) is 15.6. The maximum atomic E-state index is 12.9. The first-order chi connectivity index (χ1) is 13.7. The summed E-state index contributed by atoms with van der Waals surface area (Å²) in [6, 6.07) is 20.7. The number of halogens is 1. The molecule has 28 heavy (non-hydrogen) atoms. The lowest BCUT2D eigenvalue weighted by molar-refractivity contribution is 0.281. The Kier molecular flexibility index (Phi) is 5.10. The largest absolute Gasteiger partial charge is 0.450 e. The zero-order valence-electron chi connectivity index (χ0n) is 14.9. The van der Waals surface area contributed by atoms with E-state index in [9.17, 15) is 4.79 Å². The molecule has 4 rings (SSSR count). The van der Waals surface area contributed by atoms with E-state index in [-0.39, 0.29) is 17.4 Å². The number of aliphatic hydroxyl groups excluding tert-OH is 1. The van der Waals surface area contributed by atoms with E-state index in [0.717, 1.165) is 21.9 Å². The molecule has 140 valence electrons. The molecule has 0 atom stereocenters. The summed E-state index contributed by atoms with van der Waals surface area (Å²) in [5.74, 6) is 0.479. The van der Waals surface area contributed by atoms with Gasteiger partial charge in [-0.3, -0.25) is 4.79 Å². The van der Waals surface area contributed by atoms with E-state index >= 15 is 0 Å². The van der Waals surface area contributed by atoms with E-state index in [0.29, 0.717) is 12.3 Å². The lowest BCUT2D eigenvalue weighted by atomic mass is 10.0. The normalized spacial score (nSPS) is 10.9. The van der Waals surface area contributed by atoms with Crippen molar-refractivity contribution in [1.29, 1.82) is 0 Å². The fourth-order valence-electron chi connectivity index (χ4n) is 3.03. The predicted molar refractivity (Wildman–Crippen MR) is 109 cm³/mol. The van der Waals surface area contributed by atoms with Crippen molar-refractivity contribution >= 4 is 22.4 Å². The summed E-state index contributed by atoms with van der Waals surface area (Å²) in [6.07, 6.45) is 1.41. The van der Waals surface area contributed by atoms with E-state index in [1.165, 1.54) is 10.9 Å². The van der Waals surface area contributed by atoms with Crippen molar-refractivity contribution in [2.24, 2.45) is 0 Å². The molecule has 6 heteroatoms. The van der Waals surface area contributed by atoms with Gasteiger partial charge in [0.2, 0.25) is 5.75 Å². The van der Waals surface area contributed by atoms with Crippen LogP contribution in [0.25, 0.3) is 10.8 Å². The molecule has 0 saturated carbocycles. The summed E-state index contributed by atoms with van der Waals surface area (Å²) >= 11 is 6.17. The van der Waals surface area contributed by atoms with Gasteiger partial charge in [-0.1, -0.05) is 66.2 Å². The van der Waals surface area contributed by atoms with Gasteiger partial charge in [0.05, 0.1) is 19.3 Å². The Hall–Kier alpha value is -3.15. The van der Waals surface area contributed by atoms with Crippen LogP contribution in [-0.4, -0.2) is 14.9 Å². The number of aromatic nitrogens is 2. The van der Waals surface area contributed by atoms with Crippen LogP contribution < -0.4 is 10.3 Å². The van der Waals surface area contributed by atoms with Crippen LogP contribution in [0.4, 0.5) is 0 Å². The number of hydrogen-bond donors (Lipinski definition) is 1. The third-order valence-corrected chi connectivity index (χ3v) is 4.75. The minimum absolute atomic E-state index is 0.0219. The molecule has 0 aliphatic heterocycles. The second kappa shape index (κ2) is 7.84. The summed E-state index contributed by atoms with van der Waals surface area (Å²) in [6.45, 7) is 0.241. The first-order valence-electron chi connectivity index (χ1n) is 8.75. The van der Waals surface area contributed by atoms with Crippen molar-refractivity contribution in [2.75, 3.05) is 0 Å². The van der Waals surface area contributed by atoms with E-state index in [1.807, 2.05) is 42.5 Å². The number of hydrogen-bond acceptors (Lipinski definition) is 4. The highest BCUT2D eigenvalue weighted by Gasteiger charge is 2.14. The number of fused-ring (bicyclic) bond motifs is 1. The van der Waals surface area contributed by atoms with Gasteiger partial charge < -0.3 is 9.84 Å². The molecule has 1 heterocycles. The smallest absolute Gasteiger partial charge is 0.311 e. The Bertz CT molecular complexity index is 1180. The van der Waals surface area contributed by atoms with Gasteiger partial charge in [-0.2, -0.15) is 5.10 Å². The zero-order chi connectivity index (χ0) is 19.5. The standard InChI is InChI=1S/C22H17ClN2O3/c23-20-12-24-25(13-17-6-3-5-16-4-1-2-7-19(16)17)22(27)21(20)28-18-10-8-15(14-26)9-11-18/h1-12,26H,13-14H2. The molecule has 0 radical (unpaired) electrons. The highest BCUT2D eigenvalue weighted by atomic mass is 35.5. The molecular formula is C22H17ClN2O3. The van der Waals surface area contributed by atoms with Gasteiger partial charge in [0.25, 0.3) is 0 Å². The first-order valence-corrected chi connectivity index (χ1v) is 9.13. The van der Waals surface area contributed by atoms with Crippen LogP contribution in [0, 0.1) is 0 Å². The Morgan fingerprint density at radius 2 is 1.75 bits per heavy atom. The van der Waals surface area contributed by atoms with Crippen molar-refractivity contribution in [3.63, 3.8) is 0 Å². The number of ether oxygens (including phenoxy) is 1. The molecule has 0 bridgehead atoms. The predicted octanol–water partition coefficient (Wildman–Crippen LogP) is 4.38. The molecule has 0 aliphatic rings. The number of benzene rings is 3. The molecule has 0 fully saturated rings. The van der Waals surface area contributed by atoms with Gasteiger partial charge in [0.15, 0.2) is 0 Å². The maximum Gasteiger partial charge on any atom is 0.311 e. The van der Waals surface area contributed by atoms with Crippen LogP contribution in [0.2, 0.25) is 5.02 Å². The van der Waals surface area contributed by atoms with E-state index in [4.69, 9.17) is 21.4 Å². The third kappa shape index (κ3) is 3.63. The molecule has 0 amide bonds. The number of aliphatic hydroxyl groups is 1. The summed E-state index contributed by atoms with van der Waals surface area (Å²) in [4.78, 5) is 12.9. The molecule has 4 aromatic rings. The van der Waals surface area contributed by atoms with Crippen LogP contribution in [0.3, 0.4) is 0 Å². The van der Waals surface area contributed by atoms with E-state index in [1.54, 1.807) is 24.3 Å². The van der Waals surface area contributed by atoms with Crippen LogP contribution >= 0.6 is 11.6 Å². The topological polar surface area (TPSA) is 64.3 Å². The molecule has 1 N–H and O–H groups in total. The molecule has 0 unspecified atom stereocenters. The average molecular weight is 393 g/mol. The Morgan fingerprint density at radius 3 is 2.54 bits per heavy atom. The first kappa shape index (κ1) is 18.2. The van der Waals surface area contributed by atoms with E-state index < -0.39 is 5.56 Å². The number of nitrogens with zero attached hydrogens (tertiary/aromatic N) is 2. The maximum absolute atomic E-state index is 12.9. The van der Waals surface area contributed by atoms with Gasteiger partial charge in [-0.25, -0.2) is 4.68 Å². The van der Waals surface area contributed by atoms with E-state index in [2.05, 4.69) is 5.10 Å². The minimum atomic E-state index is -0.410. The molecule has 1 aromatic heterocycles. The Labute approximate surface area is 166 Å². The molecular weight excluding hydrogens is 376 g/mol. The van der Waals surface area contributed by atoms with Crippen molar-refractivity contribution in [2.45, 2.75) is 13.2 Å². The Morgan fingerprint density at radius 1 is 1.00 bits per heavy atom. The average Bonchev–Trinajstić information content (AvgIpc) is 2.74. The number of rotatable bonds is 5. The highest BCUT2D eigenvalue weighted by Crippen LogP contribution is 2.26. The fraction of sp³-hybridized carbons (Fsp3) is 0.0909. The van der Waals surface area contributed by atoms with Gasteiger partial charge in [-0.15, -0.1) is 0 Å². The van der Waals surface area contributed by atoms with Crippen molar-refractivity contribution in [3.05, 3.63) is 99.4 Å². The van der Waals surface area contributed by atoms with Crippen molar-refractivity contribution < 1.29 is 9.84 Å². The van der Waals surface area contributed by atoms with Gasteiger partial charge in [-0.05, 0) is 34.0 Å². The second-order valence-corrected chi connectivity index (χ2v) is 6.73. The third-order valence-electron chi connectivity index (χ3n) is 4.48. The summed E-state index contributed by atoms with van der Waals surface area (Å²) in [5, 5.41) is 15.6. The lowest BCUT2D eigenvalue weighted by Crippen LogP contribution is -2.24. The fourth-order valence-corrected chi connectivity index (χ4v) is 3.19. The molecule has 0 aliphatic carbocycles. The van der Waals surface area contributed by atoms with Crippen LogP contribution in [-0.2, 0) is 13.2 Å². The van der Waals surface area contributed by atoms with Gasteiger partial charge >= 0.3 is 5.56 Å². The SMILES string of the molecule is O=c1c(Oc2ccc(CO)cc2)c(Cl)cnn1Cc1cccc2ccccc12. The highest BCUT2D eigenvalue weighted by molar-refractivity contribution is 6.31. The second-order valence-electron chi connectivity index (χ2n) is 6.33. The monoisotopic (exact) mass is 392 g/mol. The van der Waals surface area contributed by atoms with Gasteiger partial charge in [0, 0.05) is 0 Å². The molecule has 0 saturated heterocycles. The molecule has 5 nitrogen and oxygen atoms in total. The quantitative estimate of drug-likeness (QED) is 0.547. The van der Waals surface area contributed by atoms with Crippen molar-refractivity contribution in [3.8, 4) is 11.5 Å². The Balaban J connectivity index is 1.69. The summed E-state index contributed by atoms with van der Waals surface area (Å²) in [7, 11) is 0. The van der Waals surface area contributed by atoms with Gasteiger partial charge in [0.1, 0.15) is 10.8 Å². The summed E-state index contributed by atoms with van der Waals surface area (Å²) in [5.41, 5.74) is 1.32. The molecule has 0 spiro atoms.